The second kappa shape index (κ2) is 4.73. The van der Waals surface area contributed by atoms with Gasteiger partial charge in [-0.15, -0.1) is 0 Å². The molecule has 4 atom stereocenters. The Labute approximate surface area is 143 Å². The van der Waals surface area contributed by atoms with Gasteiger partial charge in [0.1, 0.15) is 0 Å². The van der Waals surface area contributed by atoms with Crippen LogP contribution in [0.4, 0.5) is 0 Å². The highest BCUT2D eigenvalue weighted by Gasteiger charge is 2.72. The number of aliphatic hydroxyl groups is 2. The lowest BCUT2D eigenvalue weighted by atomic mass is 9.65. The van der Waals surface area contributed by atoms with Crippen LogP contribution in [0, 0.1) is 10.8 Å². The summed E-state index contributed by atoms with van der Waals surface area (Å²) in [4.78, 5) is 28.9. The molecular formula is C18H30N2O4. The highest BCUT2D eigenvalue weighted by molar-refractivity contribution is 5.86. The second-order valence-corrected chi connectivity index (χ2v) is 9.72. The number of piperazine rings is 1. The predicted molar refractivity (Wildman–Crippen MR) is 88.5 cm³/mol. The zero-order valence-electron chi connectivity index (χ0n) is 15.6. The minimum atomic E-state index is -1.36. The molecule has 2 amide bonds. The normalized spacial score (nSPS) is 38.7. The first-order valence-corrected chi connectivity index (χ1v) is 8.87. The summed E-state index contributed by atoms with van der Waals surface area (Å²) in [6.45, 7) is 10.9. The van der Waals surface area contributed by atoms with Gasteiger partial charge in [-0.1, -0.05) is 41.5 Å². The highest BCUT2D eigenvalue weighted by Crippen LogP contribution is 2.56. The topological polar surface area (TPSA) is 81.1 Å². The van der Waals surface area contributed by atoms with E-state index >= 15 is 0 Å². The molecule has 2 saturated carbocycles. The van der Waals surface area contributed by atoms with E-state index in [9.17, 15) is 19.8 Å². The molecule has 0 bridgehead atoms. The molecule has 1 saturated heterocycles. The number of hydrogen-bond donors (Lipinski definition) is 2. The van der Waals surface area contributed by atoms with Crippen LogP contribution in [0.1, 0.15) is 67.2 Å². The van der Waals surface area contributed by atoms with Crippen LogP contribution < -0.4 is 0 Å². The molecule has 3 aliphatic rings. The number of hydrogen-bond acceptors (Lipinski definition) is 4. The van der Waals surface area contributed by atoms with Crippen LogP contribution in [0.2, 0.25) is 0 Å². The lowest BCUT2D eigenvalue weighted by Gasteiger charge is -2.71. The minimum absolute atomic E-state index is 0.166. The molecular weight excluding hydrogens is 308 g/mol. The average Bonchev–Trinajstić information content (AvgIpc) is 2.41. The average molecular weight is 338 g/mol. The zero-order valence-corrected chi connectivity index (χ0v) is 15.6. The van der Waals surface area contributed by atoms with Gasteiger partial charge >= 0.3 is 0 Å². The molecule has 3 rings (SSSR count). The van der Waals surface area contributed by atoms with Crippen molar-refractivity contribution in [3.05, 3.63) is 0 Å². The summed E-state index contributed by atoms with van der Waals surface area (Å²) < 4.78 is 0. The van der Waals surface area contributed by atoms with E-state index in [0.29, 0.717) is 25.7 Å². The Balaban J connectivity index is 2.04. The lowest BCUT2D eigenvalue weighted by Crippen LogP contribution is -2.88. The van der Waals surface area contributed by atoms with E-state index in [2.05, 4.69) is 0 Å². The molecule has 6 nitrogen and oxygen atoms in total. The van der Waals surface area contributed by atoms with Crippen LogP contribution in [0.15, 0.2) is 0 Å². The third kappa shape index (κ3) is 2.08. The van der Waals surface area contributed by atoms with Crippen LogP contribution in [0.5, 0.6) is 0 Å². The van der Waals surface area contributed by atoms with Gasteiger partial charge in [-0.3, -0.25) is 9.59 Å². The summed E-state index contributed by atoms with van der Waals surface area (Å²) in [5.74, 6) is -0.332. The zero-order chi connectivity index (χ0) is 18.3. The Kier molecular flexibility index (Phi) is 3.48. The van der Waals surface area contributed by atoms with Crippen molar-refractivity contribution in [3.63, 3.8) is 0 Å². The maximum Gasteiger partial charge on any atom is 0.230 e. The molecule has 0 spiro atoms. The number of carbonyl (C=O) groups excluding carboxylic acids is 2. The molecule has 1 heterocycles. The molecule has 0 aromatic carbocycles. The van der Waals surface area contributed by atoms with Crippen molar-refractivity contribution in [2.45, 2.75) is 90.8 Å². The third-order valence-corrected chi connectivity index (χ3v) is 5.82. The first-order chi connectivity index (χ1) is 10.7. The molecule has 2 unspecified atom stereocenters. The summed E-state index contributed by atoms with van der Waals surface area (Å²) in [6.07, 6.45) is 2.09. The van der Waals surface area contributed by atoms with Crippen molar-refractivity contribution in [1.82, 2.24) is 9.80 Å². The van der Waals surface area contributed by atoms with Gasteiger partial charge in [0.25, 0.3) is 0 Å². The fourth-order valence-electron chi connectivity index (χ4n) is 4.19. The van der Waals surface area contributed by atoms with E-state index in [1.54, 1.807) is 0 Å². The van der Waals surface area contributed by atoms with Gasteiger partial charge in [0.05, 0.1) is 12.1 Å². The fraction of sp³-hybridized carbons (Fsp3) is 0.889. The number of carbonyl (C=O) groups is 2. The molecule has 2 N–H and O–H groups in total. The van der Waals surface area contributed by atoms with Gasteiger partial charge in [-0.2, -0.15) is 0 Å². The Morgan fingerprint density at radius 1 is 0.792 bits per heavy atom. The fourth-order valence-corrected chi connectivity index (χ4v) is 4.19. The van der Waals surface area contributed by atoms with Crippen molar-refractivity contribution in [2.75, 3.05) is 0 Å². The first-order valence-electron chi connectivity index (χ1n) is 8.87. The number of nitrogens with zero attached hydrogens (tertiary/aromatic N) is 2. The van der Waals surface area contributed by atoms with Crippen LogP contribution in [0.25, 0.3) is 0 Å². The number of rotatable bonds is 0. The monoisotopic (exact) mass is 338 g/mol. The summed E-state index contributed by atoms with van der Waals surface area (Å²) in [5, 5.41) is 22.5. The standard InChI is InChI=1S/C18H30N2O4/c1-15(2,3)13(21)19-11-7-10-18(11,24)20(14(22)16(4,5)6)12-8-9-17(12,19)23/h11-12,23-24H,7-10H2,1-6H3/t11?,12?,17-,18-/m0/s1. The van der Waals surface area contributed by atoms with Crippen molar-refractivity contribution < 1.29 is 19.8 Å². The smallest absolute Gasteiger partial charge is 0.230 e. The molecule has 136 valence electrons. The van der Waals surface area contributed by atoms with Gasteiger partial charge in [0.15, 0.2) is 11.4 Å². The SMILES string of the molecule is CC(C)(C)C(=O)N1C2CC[C@@]2(O)N(C(=O)C(C)(C)C)C2CC[C@]21O. The predicted octanol–water partition coefficient (Wildman–Crippen LogP) is 1.45. The Hall–Kier alpha value is -1.14. The van der Waals surface area contributed by atoms with Crippen LogP contribution >= 0.6 is 0 Å². The Bertz CT molecular complexity index is 539. The summed E-state index contributed by atoms with van der Waals surface area (Å²) in [6, 6.07) is -1.06. The molecule has 3 fully saturated rings. The lowest BCUT2D eigenvalue weighted by molar-refractivity contribution is -0.347. The minimum Gasteiger partial charge on any atom is -0.369 e. The first kappa shape index (κ1) is 17.7. The van der Waals surface area contributed by atoms with Crippen molar-refractivity contribution in [1.29, 1.82) is 0 Å². The molecule has 24 heavy (non-hydrogen) atoms. The molecule has 6 heteroatoms. The third-order valence-electron chi connectivity index (χ3n) is 5.82. The number of fused-ring (bicyclic) bond motifs is 2. The van der Waals surface area contributed by atoms with Gasteiger partial charge < -0.3 is 20.0 Å². The highest BCUT2D eigenvalue weighted by atomic mass is 16.4. The largest absolute Gasteiger partial charge is 0.369 e. The van der Waals surface area contributed by atoms with E-state index in [-0.39, 0.29) is 11.8 Å². The maximum absolute atomic E-state index is 13.0. The van der Waals surface area contributed by atoms with E-state index < -0.39 is 34.4 Å². The van der Waals surface area contributed by atoms with Gasteiger partial charge in [0, 0.05) is 10.8 Å². The van der Waals surface area contributed by atoms with Crippen molar-refractivity contribution >= 4 is 11.8 Å². The van der Waals surface area contributed by atoms with E-state index in [4.69, 9.17) is 0 Å². The summed E-state index contributed by atoms with van der Waals surface area (Å²) in [7, 11) is 0. The van der Waals surface area contributed by atoms with E-state index in [0.717, 1.165) is 0 Å². The maximum atomic E-state index is 13.0. The molecule has 0 aromatic rings. The van der Waals surface area contributed by atoms with Crippen molar-refractivity contribution in [3.8, 4) is 0 Å². The van der Waals surface area contributed by atoms with Gasteiger partial charge in [-0.25, -0.2) is 0 Å². The van der Waals surface area contributed by atoms with Crippen LogP contribution in [0.3, 0.4) is 0 Å². The summed E-state index contributed by atoms with van der Waals surface area (Å²) >= 11 is 0. The number of amides is 2. The van der Waals surface area contributed by atoms with Crippen LogP contribution in [-0.4, -0.2) is 55.4 Å². The summed E-state index contributed by atoms with van der Waals surface area (Å²) in [5.41, 5.74) is -4.02. The van der Waals surface area contributed by atoms with Crippen LogP contribution in [-0.2, 0) is 9.59 Å². The van der Waals surface area contributed by atoms with Gasteiger partial charge in [0.2, 0.25) is 11.8 Å². The molecule has 0 radical (unpaired) electrons. The Morgan fingerprint density at radius 3 is 1.25 bits per heavy atom. The van der Waals surface area contributed by atoms with E-state index in [1.165, 1.54) is 9.80 Å². The van der Waals surface area contributed by atoms with E-state index in [1.807, 2.05) is 41.5 Å². The Morgan fingerprint density at radius 2 is 1.08 bits per heavy atom. The molecule has 2 aliphatic carbocycles. The quantitative estimate of drug-likeness (QED) is 0.700. The second-order valence-electron chi connectivity index (χ2n) is 9.72. The van der Waals surface area contributed by atoms with Gasteiger partial charge in [-0.05, 0) is 25.7 Å². The molecule has 1 aliphatic heterocycles. The van der Waals surface area contributed by atoms with Crippen molar-refractivity contribution in [2.24, 2.45) is 10.8 Å². The molecule has 0 aromatic heterocycles.